The van der Waals surface area contributed by atoms with Crippen LogP contribution in [0.4, 0.5) is 0 Å². The van der Waals surface area contributed by atoms with Crippen molar-refractivity contribution in [2.24, 2.45) is 28.6 Å². The van der Waals surface area contributed by atoms with Crippen LogP contribution < -0.4 is 0 Å². The van der Waals surface area contributed by atoms with E-state index < -0.39 is 5.60 Å². The standard InChI is InChI=1S/C15H24O2/c1-13(2)9-5-6-10(16)14(3)7-8-15(4,17)12(14)11(9)13/h9,11-12,17H,5-8H2,1-4H3/t9-,11-,12-,14+,15-/m0/s1. The van der Waals surface area contributed by atoms with E-state index >= 15 is 0 Å². The van der Waals surface area contributed by atoms with Crippen molar-refractivity contribution < 1.29 is 9.90 Å². The molecule has 1 N–H and O–H groups in total. The molecule has 0 unspecified atom stereocenters. The molecule has 5 atom stereocenters. The zero-order chi connectivity index (χ0) is 12.6. The van der Waals surface area contributed by atoms with E-state index in [9.17, 15) is 9.90 Å². The largest absolute Gasteiger partial charge is 0.390 e. The molecular weight excluding hydrogens is 212 g/mol. The fraction of sp³-hybridized carbons (Fsp3) is 0.933. The maximum Gasteiger partial charge on any atom is 0.139 e. The summed E-state index contributed by atoms with van der Waals surface area (Å²) in [5.41, 5.74) is -0.552. The predicted octanol–water partition coefficient (Wildman–Crippen LogP) is 2.79. The van der Waals surface area contributed by atoms with Gasteiger partial charge >= 0.3 is 0 Å². The van der Waals surface area contributed by atoms with Gasteiger partial charge in [-0.25, -0.2) is 0 Å². The van der Waals surface area contributed by atoms with Crippen LogP contribution >= 0.6 is 0 Å². The summed E-state index contributed by atoms with van der Waals surface area (Å²) in [6.07, 6.45) is 3.44. The van der Waals surface area contributed by atoms with Crippen molar-refractivity contribution in [3.63, 3.8) is 0 Å². The molecule has 3 fully saturated rings. The Hall–Kier alpha value is -0.370. The average Bonchev–Trinajstić information content (AvgIpc) is 2.67. The fourth-order valence-corrected chi connectivity index (χ4v) is 5.18. The molecule has 2 nitrogen and oxygen atoms in total. The number of hydrogen-bond donors (Lipinski definition) is 1. The van der Waals surface area contributed by atoms with E-state index in [1.165, 1.54) is 0 Å². The lowest BCUT2D eigenvalue weighted by molar-refractivity contribution is -0.133. The lowest BCUT2D eigenvalue weighted by atomic mass is 9.69. The predicted molar refractivity (Wildman–Crippen MR) is 66.5 cm³/mol. The zero-order valence-corrected chi connectivity index (χ0v) is 11.4. The van der Waals surface area contributed by atoms with Gasteiger partial charge in [0, 0.05) is 17.8 Å². The van der Waals surface area contributed by atoms with Gasteiger partial charge in [0.15, 0.2) is 0 Å². The second-order valence-electron chi connectivity index (χ2n) is 7.67. The first kappa shape index (κ1) is 11.7. The second kappa shape index (κ2) is 2.96. The molecule has 0 amide bonds. The van der Waals surface area contributed by atoms with Gasteiger partial charge in [-0.05, 0) is 43.4 Å². The van der Waals surface area contributed by atoms with E-state index in [4.69, 9.17) is 0 Å². The Bertz CT molecular complexity index is 382. The monoisotopic (exact) mass is 236 g/mol. The van der Waals surface area contributed by atoms with Crippen LogP contribution in [0.5, 0.6) is 0 Å². The minimum Gasteiger partial charge on any atom is -0.390 e. The maximum atomic E-state index is 12.4. The highest BCUT2D eigenvalue weighted by Crippen LogP contribution is 2.72. The molecule has 0 saturated heterocycles. The summed E-state index contributed by atoms with van der Waals surface area (Å²) in [5.74, 6) is 1.80. The van der Waals surface area contributed by atoms with Crippen molar-refractivity contribution >= 4 is 5.78 Å². The topological polar surface area (TPSA) is 37.3 Å². The average molecular weight is 236 g/mol. The van der Waals surface area contributed by atoms with Crippen LogP contribution in [0.3, 0.4) is 0 Å². The summed E-state index contributed by atoms with van der Waals surface area (Å²) in [7, 11) is 0. The summed E-state index contributed by atoms with van der Waals surface area (Å²) < 4.78 is 0. The van der Waals surface area contributed by atoms with Gasteiger partial charge in [0.2, 0.25) is 0 Å². The van der Waals surface area contributed by atoms with Crippen LogP contribution in [0.15, 0.2) is 0 Å². The van der Waals surface area contributed by atoms with Crippen molar-refractivity contribution in [1.29, 1.82) is 0 Å². The molecule has 0 heterocycles. The lowest BCUT2D eigenvalue weighted by Crippen LogP contribution is -2.42. The number of aliphatic hydroxyl groups is 1. The molecule has 17 heavy (non-hydrogen) atoms. The Labute approximate surface area is 104 Å². The van der Waals surface area contributed by atoms with Gasteiger partial charge in [-0.3, -0.25) is 4.79 Å². The van der Waals surface area contributed by atoms with Crippen molar-refractivity contribution in [2.45, 2.75) is 59.0 Å². The first-order chi connectivity index (χ1) is 7.71. The second-order valence-corrected chi connectivity index (χ2v) is 7.67. The number of Topliss-reactive ketones (excluding diaryl/α,β-unsaturated/α-hetero) is 1. The van der Waals surface area contributed by atoms with Crippen molar-refractivity contribution in [3.8, 4) is 0 Å². The Morgan fingerprint density at radius 3 is 2.47 bits per heavy atom. The Kier molecular flexibility index (Phi) is 2.04. The van der Waals surface area contributed by atoms with Crippen LogP contribution in [-0.4, -0.2) is 16.5 Å². The van der Waals surface area contributed by atoms with Crippen LogP contribution in [0.2, 0.25) is 0 Å². The highest BCUT2D eigenvalue weighted by Gasteiger charge is 2.71. The molecule has 3 saturated carbocycles. The molecule has 0 aromatic carbocycles. The number of hydrogen-bond acceptors (Lipinski definition) is 2. The van der Waals surface area contributed by atoms with E-state index in [-0.39, 0.29) is 11.3 Å². The summed E-state index contributed by atoms with van der Waals surface area (Å²) in [6, 6.07) is 0. The van der Waals surface area contributed by atoms with Gasteiger partial charge in [-0.2, -0.15) is 0 Å². The first-order valence-electron chi connectivity index (χ1n) is 6.97. The molecule has 2 heteroatoms. The summed E-state index contributed by atoms with van der Waals surface area (Å²) in [5, 5.41) is 10.7. The quantitative estimate of drug-likeness (QED) is 0.702. The third kappa shape index (κ3) is 1.28. The van der Waals surface area contributed by atoms with Crippen molar-refractivity contribution in [3.05, 3.63) is 0 Å². The van der Waals surface area contributed by atoms with Crippen LogP contribution in [0, 0.1) is 28.6 Å². The Morgan fingerprint density at radius 1 is 1.18 bits per heavy atom. The SMILES string of the molecule is CC1(C)[C@@H]2[C@@H]3[C@@](C)(O)CC[C@]3(C)C(=O)CC[C@@H]21. The van der Waals surface area contributed by atoms with Crippen LogP contribution in [-0.2, 0) is 4.79 Å². The van der Waals surface area contributed by atoms with E-state index in [0.717, 1.165) is 25.7 Å². The van der Waals surface area contributed by atoms with Crippen molar-refractivity contribution in [2.75, 3.05) is 0 Å². The molecule has 0 bridgehead atoms. The van der Waals surface area contributed by atoms with E-state index in [2.05, 4.69) is 20.8 Å². The molecular formula is C15H24O2. The number of ketones is 1. The minimum atomic E-state index is -0.633. The summed E-state index contributed by atoms with van der Waals surface area (Å²) in [4.78, 5) is 12.4. The normalized spacial score (nSPS) is 56.1. The third-order valence-electron chi connectivity index (χ3n) is 6.32. The highest BCUT2D eigenvalue weighted by molar-refractivity contribution is 5.86. The molecule has 3 aliphatic rings. The van der Waals surface area contributed by atoms with Gasteiger partial charge in [0.05, 0.1) is 5.60 Å². The molecule has 3 aliphatic carbocycles. The van der Waals surface area contributed by atoms with E-state index in [1.807, 2.05) is 6.92 Å². The molecule has 0 spiro atoms. The fourth-order valence-electron chi connectivity index (χ4n) is 5.18. The molecule has 0 aromatic rings. The number of carbonyl (C=O) groups is 1. The molecule has 96 valence electrons. The molecule has 3 rings (SSSR count). The van der Waals surface area contributed by atoms with Gasteiger partial charge in [0.25, 0.3) is 0 Å². The van der Waals surface area contributed by atoms with Crippen molar-refractivity contribution in [1.82, 2.24) is 0 Å². The number of rotatable bonds is 0. The number of carbonyl (C=O) groups excluding carboxylic acids is 1. The Balaban J connectivity index is 2.06. The maximum absolute atomic E-state index is 12.4. The smallest absolute Gasteiger partial charge is 0.139 e. The molecule has 0 radical (unpaired) electrons. The molecule has 0 aliphatic heterocycles. The van der Waals surface area contributed by atoms with Gasteiger partial charge in [-0.1, -0.05) is 20.8 Å². The van der Waals surface area contributed by atoms with E-state index in [0.29, 0.717) is 23.0 Å². The van der Waals surface area contributed by atoms with Gasteiger partial charge in [-0.15, -0.1) is 0 Å². The van der Waals surface area contributed by atoms with Crippen LogP contribution in [0.25, 0.3) is 0 Å². The van der Waals surface area contributed by atoms with Gasteiger partial charge < -0.3 is 5.11 Å². The summed E-state index contributed by atoms with van der Waals surface area (Å²) in [6.45, 7) is 8.69. The highest BCUT2D eigenvalue weighted by atomic mass is 16.3. The third-order valence-corrected chi connectivity index (χ3v) is 6.32. The zero-order valence-electron chi connectivity index (χ0n) is 11.4. The minimum absolute atomic E-state index is 0.185. The van der Waals surface area contributed by atoms with E-state index in [1.54, 1.807) is 0 Å². The van der Waals surface area contributed by atoms with Crippen LogP contribution in [0.1, 0.15) is 53.4 Å². The van der Waals surface area contributed by atoms with Gasteiger partial charge in [0.1, 0.15) is 5.78 Å². The molecule has 0 aromatic heterocycles. The lowest BCUT2D eigenvalue weighted by Gasteiger charge is -2.36. The number of fused-ring (bicyclic) bond motifs is 3. The first-order valence-corrected chi connectivity index (χ1v) is 6.97. The Morgan fingerprint density at radius 2 is 1.82 bits per heavy atom. The summed E-state index contributed by atoms with van der Waals surface area (Å²) >= 11 is 0.